The Hall–Kier alpha value is -3.75. The molecule has 0 atom stereocenters. The van der Waals surface area contributed by atoms with Gasteiger partial charge in [-0.3, -0.25) is 4.79 Å². The highest BCUT2D eigenvalue weighted by molar-refractivity contribution is 7.15. The van der Waals surface area contributed by atoms with E-state index in [1.54, 1.807) is 10.5 Å². The molecule has 9 heteroatoms. The minimum absolute atomic E-state index is 0.0820. The first-order valence-electron chi connectivity index (χ1n) is 11.8. The molecule has 1 aliphatic rings. The van der Waals surface area contributed by atoms with Crippen LogP contribution in [0, 0.1) is 13.8 Å². The topological polar surface area (TPSA) is 71.3 Å². The number of nitrogens with zero attached hydrogens (tertiary/aromatic N) is 2. The zero-order chi connectivity index (χ0) is 25.7. The van der Waals surface area contributed by atoms with Crippen LogP contribution in [0.4, 0.5) is 0 Å². The summed E-state index contributed by atoms with van der Waals surface area (Å²) in [5, 5.41) is 0.538. The Morgan fingerprint density at radius 2 is 1.89 bits per heavy atom. The van der Waals surface area contributed by atoms with Crippen molar-refractivity contribution in [2.24, 2.45) is 0 Å². The van der Waals surface area contributed by atoms with Crippen molar-refractivity contribution in [2.45, 2.75) is 27.4 Å². The molecule has 0 spiro atoms. The number of ether oxygens (including phenoxy) is 4. The largest absolute Gasteiger partial charge is 0.490 e. The van der Waals surface area contributed by atoms with E-state index in [1.807, 2.05) is 63.2 Å². The first-order chi connectivity index (χ1) is 17.9. The van der Waals surface area contributed by atoms with Crippen LogP contribution in [0.15, 0.2) is 47.3 Å². The van der Waals surface area contributed by atoms with Gasteiger partial charge in [-0.15, -0.1) is 0 Å². The monoisotopic (exact) mass is 534 g/mol. The van der Waals surface area contributed by atoms with Crippen molar-refractivity contribution in [3.05, 3.63) is 84.6 Å². The molecule has 1 aliphatic heterocycles. The van der Waals surface area contributed by atoms with Gasteiger partial charge in [0.1, 0.15) is 6.61 Å². The van der Waals surface area contributed by atoms with E-state index >= 15 is 0 Å². The Balaban J connectivity index is 1.32. The highest BCUT2D eigenvalue weighted by Crippen LogP contribution is 2.38. The van der Waals surface area contributed by atoms with E-state index in [0.29, 0.717) is 44.1 Å². The van der Waals surface area contributed by atoms with Crippen LogP contribution in [0.1, 0.15) is 29.2 Å². The molecule has 3 heterocycles. The molecule has 0 saturated heterocycles. The van der Waals surface area contributed by atoms with Crippen LogP contribution in [-0.2, 0) is 6.61 Å². The molecule has 0 bridgehead atoms. The fourth-order valence-corrected chi connectivity index (χ4v) is 5.53. The number of imidazole rings is 1. The lowest BCUT2D eigenvalue weighted by molar-refractivity contribution is 0.174. The summed E-state index contributed by atoms with van der Waals surface area (Å²) in [5.41, 5.74) is 5.48. The molecule has 0 radical (unpaired) electrons. The Labute approximate surface area is 221 Å². The molecule has 0 amide bonds. The molecular weight excluding hydrogens is 512 g/mol. The summed E-state index contributed by atoms with van der Waals surface area (Å²) in [6.07, 6.45) is 1.86. The summed E-state index contributed by atoms with van der Waals surface area (Å²) in [5.74, 6) is 2.43. The first kappa shape index (κ1) is 23.6. The average molecular weight is 535 g/mol. The van der Waals surface area contributed by atoms with Crippen LogP contribution in [-0.4, -0.2) is 22.8 Å². The minimum Gasteiger partial charge on any atom is -0.490 e. The molecule has 2 aromatic heterocycles. The van der Waals surface area contributed by atoms with Gasteiger partial charge in [0.2, 0.25) is 6.79 Å². The zero-order valence-electron chi connectivity index (χ0n) is 20.5. The van der Waals surface area contributed by atoms with Crippen LogP contribution in [0.2, 0.25) is 5.02 Å². The predicted octanol–water partition coefficient (Wildman–Crippen LogP) is 5.43. The molecule has 3 aromatic carbocycles. The van der Waals surface area contributed by atoms with Gasteiger partial charge >= 0.3 is 0 Å². The number of fused-ring (bicyclic) bond motifs is 4. The summed E-state index contributed by atoms with van der Waals surface area (Å²) in [7, 11) is 0. The van der Waals surface area contributed by atoms with Crippen LogP contribution >= 0.6 is 22.9 Å². The normalized spacial score (nSPS) is 13.1. The third kappa shape index (κ3) is 4.16. The molecule has 0 fully saturated rings. The molecule has 0 saturated carbocycles. The van der Waals surface area contributed by atoms with Crippen molar-refractivity contribution < 1.29 is 18.9 Å². The van der Waals surface area contributed by atoms with Gasteiger partial charge in [0.15, 0.2) is 28.0 Å². The lowest BCUT2D eigenvalue weighted by atomic mass is 10.1. The van der Waals surface area contributed by atoms with Crippen molar-refractivity contribution in [3.8, 4) is 23.0 Å². The molecule has 5 aromatic rings. The molecule has 7 nitrogen and oxygen atoms in total. The van der Waals surface area contributed by atoms with Gasteiger partial charge < -0.3 is 18.9 Å². The van der Waals surface area contributed by atoms with E-state index in [4.69, 9.17) is 35.5 Å². The summed E-state index contributed by atoms with van der Waals surface area (Å²) < 4.78 is 25.0. The summed E-state index contributed by atoms with van der Waals surface area (Å²) in [6.45, 7) is 6.87. The maximum Gasteiger partial charge on any atom is 0.274 e. The molecule has 0 unspecified atom stereocenters. The summed E-state index contributed by atoms with van der Waals surface area (Å²) in [4.78, 5) is 18.7. The number of halogens is 1. The number of thiazole rings is 1. The van der Waals surface area contributed by atoms with Crippen LogP contribution in [0.25, 0.3) is 22.1 Å². The van der Waals surface area contributed by atoms with Crippen molar-refractivity contribution >= 4 is 45.0 Å². The third-order valence-electron chi connectivity index (χ3n) is 6.43. The Morgan fingerprint density at radius 3 is 2.70 bits per heavy atom. The van der Waals surface area contributed by atoms with Gasteiger partial charge in [-0.1, -0.05) is 35.1 Å². The van der Waals surface area contributed by atoms with Gasteiger partial charge in [0.25, 0.3) is 5.56 Å². The third-order valence-corrected chi connectivity index (χ3v) is 7.75. The minimum atomic E-state index is -0.0820. The molecular formula is C28H23ClN2O5S. The van der Waals surface area contributed by atoms with E-state index in [0.717, 1.165) is 33.3 Å². The second-order valence-electron chi connectivity index (χ2n) is 8.75. The second-order valence-corrected chi connectivity index (χ2v) is 10.2. The van der Waals surface area contributed by atoms with Gasteiger partial charge in [-0.05, 0) is 67.8 Å². The van der Waals surface area contributed by atoms with Gasteiger partial charge in [-0.25, -0.2) is 9.38 Å². The highest BCUT2D eigenvalue weighted by atomic mass is 35.5. The van der Waals surface area contributed by atoms with E-state index < -0.39 is 0 Å². The Kier molecular flexibility index (Phi) is 5.93. The fraction of sp³-hybridized carbons (Fsp3) is 0.214. The van der Waals surface area contributed by atoms with Crippen LogP contribution in [0.3, 0.4) is 0 Å². The average Bonchev–Trinajstić information content (AvgIpc) is 3.56. The van der Waals surface area contributed by atoms with Gasteiger partial charge in [0, 0.05) is 11.6 Å². The van der Waals surface area contributed by atoms with Crippen LogP contribution < -0.4 is 29.0 Å². The number of aryl methyl sites for hydroxylation is 2. The molecule has 0 N–H and O–H groups in total. The van der Waals surface area contributed by atoms with Crippen molar-refractivity contribution in [2.75, 3.05) is 13.4 Å². The standard InChI is InChI=1S/C28H23ClN2O5S/c1-4-33-22-9-17(6-8-21(22)34-13-18-11-23-24(12-19(18)29)36-14-35-23)10-25-27(32)31-20-7-5-15(2)16(3)26(20)30-28(31)37-25/h5-12H,4,13-14H2,1-3H3/b25-10+. The summed E-state index contributed by atoms with van der Waals surface area (Å²) >= 11 is 7.77. The fourth-order valence-electron chi connectivity index (χ4n) is 4.34. The number of hydrogen-bond donors (Lipinski definition) is 0. The second kappa shape index (κ2) is 9.28. The number of rotatable bonds is 6. The first-order valence-corrected chi connectivity index (χ1v) is 13.0. The van der Waals surface area contributed by atoms with Gasteiger partial charge in [0.05, 0.1) is 27.2 Å². The van der Waals surface area contributed by atoms with E-state index in [9.17, 15) is 4.79 Å². The van der Waals surface area contributed by atoms with Crippen molar-refractivity contribution in [1.29, 1.82) is 0 Å². The van der Waals surface area contributed by atoms with Gasteiger partial charge in [-0.2, -0.15) is 0 Å². The van der Waals surface area contributed by atoms with Crippen LogP contribution in [0.5, 0.6) is 23.0 Å². The molecule has 6 rings (SSSR count). The molecule has 37 heavy (non-hydrogen) atoms. The highest BCUT2D eigenvalue weighted by Gasteiger charge is 2.18. The SMILES string of the molecule is CCOc1cc(/C=c2/sc3nc4c(C)c(C)ccc4n3c2=O)ccc1OCc1cc2c(cc1Cl)OCO2. The number of benzene rings is 3. The number of aromatic nitrogens is 2. The van der Waals surface area contributed by atoms with Crippen molar-refractivity contribution in [1.82, 2.24) is 9.38 Å². The predicted molar refractivity (Wildman–Crippen MR) is 145 cm³/mol. The molecule has 0 aliphatic carbocycles. The maximum absolute atomic E-state index is 13.3. The van der Waals surface area contributed by atoms with Crippen molar-refractivity contribution in [3.63, 3.8) is 0 Å². The smallest absolute Gasteiger partial charge is 0.274 e. The van der Waals surface area contributed by atoms with E-state index in [-0.39, 0.29) is 19.0 Å². The Bertz CT molecular complexity index is 1790. The Morgan fingerprint density at radius 1 is 1.08 bits per heavy atom. The lowest BCUT2D eigenvalue weighted by Crippen LogP contribution is -2.22. The molecule has 188 valence electrons. The summed E-state index contributed by atoms with van der Waals surface area (Å²) in [6, 6.07) is 13.1. The maximum atomic E-state index is 13.3. The zero-order valence-corrected chi connectivity index (χ0v) is 22.0. The lowest BCUT2D eigenvalue weighted by Gasteiger charge is -2.13. The number of hydrogen-bond acceptors (Lipinski definition) is 7. The van der Waals surface area contributed by atoms with E-state index in [2.05, 4.69) is 0 Å². The van der Waals surface area contributed by atoms with E-state index in [1.165, 1.54) is 11.3 Å². The quantitative estimate of drug-likeness (QED) is 0.289.